The molecule has 7 heteroatoms. The number of fused-ring (bicyclic) bond motifs is 1. The molecular weight excluding hydrogens is 382 g/mol. The Morgan fingerprint density at radius 1 is 1.18 bits per heavy atom. The van der Waals surface area contributed by atoms with E-state index in [1.54, 1.807) is 24.3 Å². The minimum atomic E-state index is -0.765. The van der Waals surface area contributed by atoms with E-state index in [1.807, 2.05) is 32.9 Å². The zero-order valence-corrected chi connectivity index (χ0v) is 16.7. The van der Waals surface area contributed by atoms with Crippen molar-refractivity contribution in [3.8, 4) is 11.5 Å². The lowest BCUT2D eigenvalue weighted by Crippen LogP contribution is -2.45. The Hall–Kier alpha value is -2.73. The van der Waals surface area contributed by atoms with Crippen molar-refractivity contribution >= 4 is 23.5 Å². The van der Waals surface area contributed by atoms with E-state index in [1.165, 1.54) is 0 Å². The van der Waals surface area contributed by atoms with Crippen molar-refractivity contribution in [2.75, 3.05) is 6.79 Å². The number of aryl methyl sites for hydroxylation is 1. The van der Waals surface area contributed by atoms with Gasteiger partial charge in [-0.25, -0.2) is 4.79 Å². The summed E-state index contributed by atoms with van der Waals surface area (Å²) in [6.45, 7) is 5.76. The SMILES string of the molecule is Cc1ccc(C(=O)N[C@H](C(=O)OCc2cc(Cl)c3c(c2)OCO3)C(C)C)cc1. The van der Waals surface area contributed by atoms with E-state index in [0.29, 0.717) is 27.6 Å². The first-order valence-corrected chi connectivity index (χ1v) is 9.35. The first kappa shape index (κ1) is 20.0. The van der Waals surface area contributed by atoms with Crippen LogP contribution in [0.25, 0.3) is 0 Å². The highest BCUT2D eigenvalue weighted by Crippen LogP contribution is 2.39. The second kappa shape index (κ2) is 8.52. The van der Waals surface area contributed by atoms with E-state index in [-0.39, 0.29) is 25.2 Å². The molecular formula is C21H22ClNO5. The summed E-state index contributed by atoms with van der Waals surface area (Å²) in [5.41, 5.74) is 2.22. The minimum Gasteiger partial charge on any atom is -0.459 e. The van der Waals surface area contributed by atoms with Gasteiger partial charge in [-0.05, 0) is 42.7 Å². The normalized spacial score (nSPS) is 13.3. The molecule has 1 N–H and O–H groups in total. The van der Waals surface area contributed by atoms with E-state index in [2.05, 4.69) is 5.32 Å². The molecule has 1 atom stereocenters. The molecule has 1 aliphatic heterocycles. The molecule has 0 fully saturated rings. The fourth-order valence-corrected chi connectivity index (χ4v) is 3.06. The Morgan fingerprint density at radius 3 is 2.57 bits per heavy atom. The average Bonchev–Trinajstić information content (AvgIpc) is 3.13. The van der Waals surface area contributed by atoms with Crippen LogP contribution in [0.15, 0.2) is 36.4 Å². The van der Waals surface area contributed by atoms with Gasteiger partial charge in [0, 0.05) is 5.56 Å². The van der Waals surface area contributed by atoms with Crippen LogP contribution in [-0.4, -0.2) is 24.7 Å². The molecule has 0 saturated carbocycles. The first-order valence-electron chi connectivity index (χ1n) is 8.97. The summed E-state index contributed by atoms with van der Waals surface area (Å²) in [5.74, 6) is 0.0436. The molecule has 0 bridgehead atoms. The lowest BCUT2D eigenvalue weighted by Gasteiger charge is -2.21. The summed E-state index contributed by atoms with van der Waals surface area (Å²) < 4.78 is 16.0. The Labute approximate surface area is 168 Å². The zero-order chi connectivity index (χ0) is 20.3. The van der Waals surface area contributed by atoms with E-state index in [9.17, 15) is 9.59 Å². The van der Waals surface area contributed by atoms with E-state index in [4.69, 9.17) is 25.8 Å². The predicted octanol–water partition coefficient (Wildman–Crippen LogP) is 3.87. The molecule has 1 amide bonds. The maximum absolute atomic E-state index is 12.6. The fourth-order valence-electron chi connectivity index (χ4n) is 2.78. The third kappa shape index (κ3) is 4.57. The fraction of sp³-hybridized carbons (Fsp3) is 0.333. The molecule has 1 heterocycles. The second-order valence-electron chi connectivity index (χ2n) is 6.98. The van der Waals surface area contributed by atoms with Gasteiger partial charge in [-0.15, -0.1) is 0 Å². The standard InChI is InChI=1S/C21H22ClNO5/c1-12(2)18(23-20(24)15-6-4-13(3)5-7-15)21(25)26-10-14-8-16(22)19-17(9-14)27-11-28-19/h4-9,12,18H,10-11H2,1-3H3,(H,23,24)/t18-/m0/s1. The number of carbonyl (C=O) groups excluding carboxylic acids is 2. The summed E-state index contributed by atoms with van der Waals surface area (Å²) in [6, 6.07) is 9.76. The van der Waals surface area contributed by atoms with Crippen LogP contribution in [0.4, 0.5) is 0 Å². The predicted molar refractivity (Wildman–Crippen MR) is 105 cm³/mol. The monoisotopic (exact) mass is 403 g/mol. The number of halogens is 1. The van der Waals surface area contributed by atoms with Gasteiger partial charge in [0.1, 0.15) is 12.6 Å². The van der Waals surface area contributed by atoms with Gasteiger partial charge in [-0.1, -0.05) is 43.1 Å². The van der Waals surface area contributed by atoms with Gasteiger partial charge >= 0.3 is 5.97 Å². The van der Waals surface area contributed by atoms with Gasteiger partial charge in [0.25, 0.3) is 5.91 Å². The number of rotatable bonds is 6. The Morgan fingerprint density at radius 2 is 1.89 bits per heavy atom. The van der Waals surface area contributed by atoms with Crippen molar-refractivity contribution < 1.29 is 23.8 Å². The molecule has 0 aromatic heterocycles. The number of benzene rings is 2. The van der Waals surface area contributed by atoms with Crippen LogP contribution in [0.2, 0.25) is 5.02 Å². The van der Waals surface area contributed by atoms with Crippen LogP contribution in [0, 0.1) is 12.8 Å². The number of ether oxygens (including phenoxy) is 3. The Balaban J connectivity index is 1.64. The minimum absolute atomic E-state index is 0.0127. The topological polar surface area (TPSA) is 73.9 Å². The quantitative estimate of drug-likeness (QED) is 0.741. The third-order valence-corrected chi connectivity index (χ3v) is 4.67. The van der Waals surface area contributed by atoms with E-state index in [0.717, 1.165) is 5.56 Å². The van der Waals surface area contributed by atoms with Crippen molar-refractivity contribution in [3.05, 3.63) is 58.1 Å². The van der Waals surface area contributed by atoms with Crippen LogP contribution in [0.1, 0.15) is 35.3 Å². The summed E-state index contributed by atoms with van der Waals surface area (Å²) in [4.78, 5) is 25.0. The van der Waals surface area contributed by atoms with Crippen LogP contribution in [-0.2, 0) is 16.1 Å². The number of hydrogen-bond acceptors (Lipinski definition) is 5. The maximum Gasteiger partial charge on any atom is 0.329 e. The molecule has 1 aliphatic rings. The molecule has 0 aliphatic carbocycles. The maximum atomic E-state index is 12.6. The number of carbonyl (C=O) groups is 2. The molecule has 28 heavy (non-hydrogen) atoms. The van der Waals surface area contributed by atoms with Crippen LogP contribution in [0.5, 0.6) is 11.5 Å². The summed E-state index contributed by atoms with van der Waals surface area (Å²) in [5, 5.41) is 3.15. The Bertz CT molecular complexity index is 879. The molecule has 2 aromatic rings. The van der Waals surface area contributed by atoms with Gasteiger partial charge in [-0.3, -0.25) is 4.79 Å². The molecule has 0 radical (unpaired) electrons. The van der Waals surface area contributed by atoms with Gasteiger partial charge in [0.2, 0.25) is 6.79 Å². The Kier molecular flexibility index (Phi) is 6.09. The number of nitrogens with one attached hydrogen (secondary N) is 1. The second-order valence-corrected chi connectivity index (χ2v) is 7.39. The largest absolute Gasteiger partial charge is 0.459 e. The number of amides is 1. The lowest BCUT2D eigenvalue weighted by molar-refractivity contribution is -0.148. The van der Waals surface area contributed by atoms with Gasteiger partial charge in [-0.2, -0.15) is 0 Å². The van der Waals surface area contributed by atoms with Crippen LogP contribution >= 0.6 is 11.6 Å². The highest BCUT2D eigenvalue weighted by atomic mass is 35.5. The highest BCUT2D eigenvalue weighted by Gasteiger charge is 2.27. The van der Waals surface area contributed by atoms with Crippen molar-refractivity contribution in [3.63, 3.8) is 0 Å². The molecule has 0 saturated heterocycles. The number of hydrogen-bond donors (Lipinski definition) is 1. The number of esters is 1. The third-order valence-electron chi connectivity index (χ3n) is 4.39. The molecule has 148 valence electrons. The van der Waals surface area contributed by atoms with Crippen molar-refractivity contribution in [1.82, 2.24) is 5.32 Å². The van der Waals surface area contributed by atoms with Crippen molar-refractivity contribution in [2.45, 2.75) is 33.4 Å². The molecule has 6 nitrogen and oxygen atoms in total. The average molecular weight is 404 g/mol. The molecule has 0 spiro atoms. The van der Waals surface area contributed by atoms with Crippen LogP contribution in [0.3, 0.4) is 0 Å². The van der Waals surface area contributed by atoms with Crippen molar-refractivity contribution in [2.24, 2.45) is 5.92 Å². The summed E-state index contributed by atoms with van der Waals surface area (Å²) >= 11 is 6.15. The molecule has 2 aromatic carbocycles. The molecule has 3 rings (SSSR count). The summed E-state index contributed by atoms with van der Waals surface area (Å²) in [6.07, 6.45) is 0. The molecule has 0 unspecified atom stereocenters. The van der Waals surface area contributed by atoms with E-state index >= 15 is 0 Å². The zero-order valence-electron chi connectivity index (χ0n) is 16.0. The first-order chi connectivity index (χ1) is 13.3. The van der Waals surface area contributed by atoms with Gasteiger partial charge in [0.05, 0.1) is 5.02 Å². The van der Waals surface area contributed by atoms with Gasteiger partial charge < -0.3 is 19.5 Å². The van der Waals surface area contributed by atoms with Crippen molar-refractivity contribution in [1.29, 1.82) is 0 Å². The summed E-state index contributed by atoms with van der Waals surface area (Å²) in [7, 11) is 0. The van der Waals surface area contributed by atoms with Gasteiger partial charge in [0.15, 0.2) is 11.5 Å². The van der Waals surface area contributed by atoms with Crippen LogP contribution < -0.4 is 14.8 Å². The lowest BCUT2D eigenvalue weighted by atomic mass is 10.0. The highest BCUT2D eigenvalue weighted by molar-refractivity contribution is 6.32. The van der Waals surface area contributed by atoms with E-state index < -0.39 is 12.0 Å². The smallest absolute Gasteiger partial charge is 0.329 e.